The highest BCUT2D eigenvalue weighted by Gasteiger charge is 2.23. The number of halogens is 1. The molecule has 0 aromatic carbocycles. The molecule has 0 spiro atoms. The molecule has 14 heavy (non-hydrogen) atoms. The summed E-state index contributed by atoms with van der Waals surface area (Å²) in [5.41, 5.74) is 1.24. The maximum atomic E-state index is 9.61. The second-order valence-electron chi connectivity index (χ2n) is 4.17. The highest BCUT2D eigenvalue weighted by atomic mass is 79.9. The van der Waals surface area contributed by atoms with Gasteiger partial charge in [-0.3, -0.25) is 0 Å². The van der Waals surface area contributed by atoms with Crippen LogP contribution in [-0.2, 0) is 13.0 Å². The van der Waals surface area contributed by atoms with Gasteiger partial charge in [0.15, 0.2) is 0 Å². The molecule has 4 heteroatoms. The Labute approximate surface area is 92.3 Å². The van der Waals surface area contributed by atoms with Crippen LogP contribution in [0.4, 0.5) is 0 Å². The number of imidazole rings is 1. The first kappa shape index (κ1) is 10.2. The molecule has 1 aliphatic rings. The van der Waals surface area contributed by atoms with Gasteiger partial charge in [0.1, 0.15) is 10.4 Å². The van der Waals surface area contributed by atoms with E-state index in [1.807, 2.05) is 0 Å². The third kappa shape index (κ3) is 1.61. The van der Waals surface area contributed by atoms with Gasteiger partial charge in [-0.1, -0.05) is 13.8 Å². The van der Waals surface area contributed by atoms with Crippen LogP contribution < -0.4 is 0 Å². The number of aliphatic hydroxyl groups is 1. The molecule has 1 aliphatic heterocycles. The van der Waals surface area contributed by atoms with E-state index in [0.717, 1.165) is 23.3 Å². The quantitative estimate of drug-likeness (QED) is 0.838. The van der Waals surface area contributed by atoms with Crippen molar-refractivity contribution in [2.75, 3.05) is 0 Å². The zero-order valence-corrected chi connectivity index (χ0v) is 10.1. The molecule has 0 bridgehead atoms. The number of hydrogen-bond donors (Lipinski definition) is 1. The maximum absolute atomic E-state index is 9.61. The van der Waals surface area contributed by atoms with Crippen molar-refractivity contribution in [1.29, 1.82) is 0 Å². The van der Waals surface area contributed by atoms with E-state index in [9.17, 15) is 5.11 Å². The number of hydrogen-bond acceptors (Lipinski definition) is 2. The van der Waals surface area contributed by atoms with Crippen molar-refractivity contribution in [3.8, 4) is 0 Å². The van der Waals surface area contributed by atoms with Crippen LogP contribution in [0.1, 0.15) is 37.7 Å². The molecule has 78 valence electrons. The van der Waals surface area contributed by atoms with Crippen molar-refractivity contribution < 1.29 is 5.11 Å². The number of aliphatic hydroxyl groups excluding tert-OH is 1. The number of fused-ring (bicyclic) bond motifs is 1. The molecular formula is C10H15BrN2O. The lowest BCUT2D eigenvalue weighted by Crippen LogP contribution is -2.25. The van der Waals surface area contributed by atoms with Gasteiger partial charge in [0.05, 0.1) is 18.3 Å². The molecule has 1 aromatic heterocycles. The molecule has 1 aromatic rings. The summed E-state index contributed by atoms with van der Waals surface area (Å²) in [6.45, 7) is 4.95. The Hall–Kier alpha value is -0.350. The molecular weight excluding hydrogens is 244 g/mol. The lowest BCUT2D eigenvalue weighted by molar-refractivity contribution is 0.129. The molecule has 1 N–H and O–H groups in total. The highest BCUT2D eigenvalue weighted by Crippen LogP contribution is 2.28. The van der Waals surface area contributed by atoms with Crippen LogP contribution in [0, 0.1) is 0 Å². The first-order chi connectivity index (χ1) is 6.59. The smallest absolute Gasteiger partial charge is 0.127 e. The van der Waals surface area contributed by atoms with Crippen molar-refractivity contribution in [2.24, 2.45) is 0 Å². The average Bonchev–Trinajstić information content (AvgIpc) is 2.43. The summed E-state index contributed by atoms with van der Waals surface area (Å²) in [5, 5.41) is 9.61. The normalized spacial score (nSPS) is 21.4. The number of aromatic nitrogens is 2. The van der Waals surface area contributed by atoms with Crippen LogP contribution in [-0.4, -0.2) is 20.8 Å². The third-order valence-electron chi connectivity index (χ3n) is 2.68. The number of rotatable bonds is 1. The monoisotopic (exact) mass is 258 g/mol. The third-order valence-corrected chi connectivity index (χ3v) is 3.31. The molecule has 0 fully saturated rings. The van der Waals surface area contributed by atoms with Gasteiger partial charge in [-0.25, -0.2) is 4.98 Å². The fourth-order valence-electron chi connectivity index (χ4n) is 1.96. The molecule has 1 unspecified atom stereocenters. The second-order valence-corrected chi connectivity index (χ2v) is 4.92. The van der Waals surface area contributed by atoms with E-state index in [2.05, 4.69) is 39.3 Å². The Morgan fingerprint density at radius 3 is 2.93 bits per heavy atom. The molecule has 2 heterocycles. The van der Waals surface area contributed by atoms with Gasteiger partial charge in [-0.2, -0.15) is 0 Å². The van der Waals surface area contributed by atoms with Gasteiger partial charge >= 0.3 is 0 Å². The van der Waals surface area contributed by atoms with E-state index in [4.69, 9.17) is 0 Å². The lowest BCUT2D eigenvalue weighted by Gasteiger charge is -2.22. The Kier molecular flexibility index (Phi) is 2.66. The van der Waals surface area contributed by atoms with E-state index in [-0.39, 0.29) is 6.10 Å². The minimum Gasteiger partial charge on any atom is -0.391 e. The van der Waals surface area contributed by atoms with E-state index < -0.39 is 0 Å². The Morgan fingerprint density at radius 1 is 1.57 bits per heavy atom. The minimum absolute atomic E-state index is 0.207. The molecule has 2 rings (SSSR count). The predicted molar refractivity (Wildman–Crippen MR) is 58.3 cm³/mol. The standard InChI is InChI=1S/C10H15BrN2O/c1-6(2)10-12-9(11)8-4-3-7(14)5-13(8)10/h6-7,14H,3-5H2,1-2H3. The van der Waals surface area contributed by atoms with Gasteiger partial charge in [0, 0.05) is 5.92 Å². The zero-order valence-electron chi connectivity index (χ0n) is 8.50. The van der Waals surface area contributed by atoms with E-state index >= 15 is 0 Å². The van der Waals surface area contributed by atoms with Crippen LogP contribution in [0.3, 0.4) is 0 Å². The van der Waals surface area contributed by atoms with E-state index in [1.54, 1.807) is 0 Å². The first-order valence-corrected chi connectivity index (χ1v) is 5.81. The van der Waals surface area contributed by atoms with Crippen LogP contribution in [0.2, 0.25) is 0 Å². The van der Waals surface area contributed by atoms with Gasteiger partial charge in [0.2, 0.25) is 0 Å². The second kappa shape index (κ2) is 3.66. The average molecular weight is 259 g/mol. The van der Waals surface area contributed by atoms with Gasteiger partial charge in [-0.15, -0.1) is 0 Å². The summed E-state index contributed by atoms with van der Waals surface area (Å²) < 4.78 is 3.11. The molecule has 0 radical (unpaired) electrons. The lowest BCUT2D eigenvalue weighted by atomic mass is 10.1. The summed E-state index contributed by atoms with van der Waals surface area (Å²) >= 11 is 3.48. The van der Waals surface area contributed by atoms with Crippen molar-refractivity contribution >= 4 is 15.9 Å². The van der Waals surface area contributed by atoms with Crippen LogP contribution in [0.15, 0.2) is 4.60 Å². The fourth-order valence-corrected chi connectivity index (χ4v) is 2.56. The van der Waals surface area contributed by atoms with Crippen molar-refractivity contribution in [1.82, 2.24) is 9.55 Å². The molecule has 0 saturated carbocycles. The summed E-state index contributed by atoms with van der Waals surface area (Å²) in [5.74, 6) is 1.48. The summed E-state index contributed by atoms with van der Waals surface area (Å²) in [4.78, 5) is 4.49. The van der Waals surface area contributed by atoms with Crippen molar-refractivity contribution in [3.05, 3.63) is 16.1 Å². The van der Waals surface area contributed by atoms with E-state index in [1.165, 1.54) is 5.69 Å². The fraction of sp³-hybridized carbons (Fsp3) is 0.700. The predicted octanol–water partition coefficient (Wildman–Crippen LogP) is 2.08. The summed E-state index contributed by atoms with van der Waals surface area (Å²) in [6, 6.07) is 0. The Balaban J connectivity index is 2.45. The topological polar surface area (TPSA) is 38.0 Å². The highest BCUT2D eigenvalue weighted by molar-refractivity contribution is 9.10. The Bertz CT molecular complexity index is 346. The van der Waals surface area contributed by atoms with Crippen molar-refractivity contribution in [2.45, 2.75) is 45.3 Å². The minimum atomic E-state index is -0.207. The van der Waals surface area contributed by atoms with Crippen LogP contribution in [0.5, 0.6) is 0 Å². The summed E-state index contributed by atoms with van der Waals surface area (Å²) in [6.07, 6.45) is 1.56. The van der Waals surface area contributed by atoms with Crippen LogP contribution >= 0.6 is 15.9 Å². The first-order valence-electron chi connectivity index (χ1n) is 5.02. The van der Waals surface area contributed by atoms with Crippen molar-refractivity contribution in [3.63, 3.8) is 0 Å². The maximum Gasteiger partial charge on any atom is 0.127 e. The molecule has 0 saturated heterocycles. The van der Waals surface area contributed by atoms with E-state index in [0.29, 0.717) is 12.5 Å². The molecule has 0 amide bonds. The molecule has 0 aliphatic carbocycles. The van der Waals surface area contributed by atoms with Crippen LogP contribution in [0.25, 0.3) is 0 Å². The number of nitrogens with zero attached hydrogens (tertiary/aromatic N) is 2. The van der Waals surface area contributed by atoms with Gasteiger partial charge in [0.25, 0.3) is 0 Å². The largest absolute Gasteiger partial charge is 0.391 e. The molecule has 3 nitrogen and oxygen atoms in total. The molecule has 1 atom stereocenters. The van der Waals surface area contributed by atoms with Gasteiger partial charge < -0.3 is 9.67 Å². The summed E-state index contributed by atoms with van der Waals surface area (Å²) in [7, 11) is 0. The van der Waals surface area contributed by atoms with Gasteiger partial charge in [-0.05, 0) is 28.8 Å². The zero-order chi connectivity index (χ0) is 10.3. The Morgan fingerprint density at radius 2 is 2.29 bits per heavy atom. The SMILES string of the molecule is CC(C)c1nc(Br)c2n1CC(O)CC2.